The van der Waals surface area contributed by atoms with Gasteiger partial charge in [-0.05, 0) is 69.0 Å². The summed E-state index contributed by atoms with van der Waals surface area (Å²) in [5.74, 6) is 1.58. The molecule has 1 aromatic carbocycles. The molecule has 0 aromatic heterocycles. The van der Waals surface area contributed by atoms with E-state index in [1.807, 2.05) is 32.9 Å². The number of ether oxygens (including phenoxy) is 1. The number of hydrogen-bond donors (Lipinski definition) is 1. The summed E-state index contributed by atoms with van der Waals surface area (Å²) in [7, 11) is 3.44. The van der Waals surface area contributed by atoms with Crippen LogP contribution in [0.4, 0.5) is 0 Å². The molecule has 0 heterocycles. The first-order valence-electron chi connectivity index (χ1n) is 8.40. The fourth-order valence-corrected chi connectivity index (χ4v) is 2.47. The molecule has 0 unspecified atom stereocenters. The molecular formula is C22H30N2O. The highest BCUT2D eigenvalue weighted by molar-refractivity contribution is 5.98. The second-order valence-electron chi connectivity index (χ2n) is 6.05. The number of aliphatic imine (C=N–C) groups is 1. The number of nitrogens with zero attached hydrogens (tertiary/aromatic N) is 1. The first kappa shape index (κ1) is 20.5. The molecule has 0 aliphatic carbocycles. The molecule has 3 nitrogen and oxygen atoms in total. The molecular weight excluding hydrogens is 308 g/mol. The number of allylic oxidation sites excluding steroid dienone is 3. The predicted octanol–water partition coefficient (Wildman–Crippen LogP) is 5.33. The molecule has 0 bridgehead atoms. The highest BCUT2D eigenvalue weighted by Crippen LogP contribution is 2.18. The van der Waals surface area contributed by atoms with Gasteiger partial charge in [-0.15, -0.1) is 0 Å². The van der Waals surface area contributed by atoms with E-state index in [0.29, 0.717) is 0 Å². The third kappa shape index (κ3) is 5.79. The minimum Gasteiger partial charge on any atom is -0.497 e. The van der Waals surface area contributed by atoms with E-state index in [9.17, 15) is 0 Å². The summed E-state index contributed by atoms with van der Waals surface area (Å²) in [6.45, 7) is 14.2. The summed E-state index contributed by atoms with van der Waals surface area (Å²) in [4.78, 5) is 4.34. The Kier molecular flexibility index (Phi) is 7.93. The zero-order valence-corrected chi connectivity index (χ0v) is 16.5. The molecule has 0 radical (unpaired) electrons. The molecule has 0 saturated heterocycles. The second-order valence-corrected chi connectivity index (χ2v) is 6.05. The minimum atomic E-state index is 0.766. The highest BCUT2D eigenvalue weighted by atomic mass is 16.5. The van der Waals surface area contributed by atoms with E-state index in [2.05, 4.69) is 55.0 Å². The zero-order valence-electron chi connectivity index (χ0n) is 16.5. The van der Waals surface area contributed by atoms with Gasteiger partial charge in [-0.3, -0.25) is 4.99 Å². The van der Waals surface area contributed by atoms with Crippen LogP contribution in [0.15, 0.2) is 64.5 Å². The summed E-state index contributed by atoms with van der Waals surface area (Å²) in [5.41, 5.74) is 6.56. The van der Waals surface area contributed by atoms with Crippen LogP contribution < -0.4 is 5.32 Å². The molecule has 0 atom stereocenters. The van der Waals surface area contributed by atoms with Crippen LogP contribution in [0.1, 0.15) is 37.5 Å². The summed E-state index contributed by atoms with van der Waals surface area (Å²) in [6.07, 6.45) is 5.97. The molecule has 0 saturated carbocycles. The number of methoxy groups -OCH3 is 1. The maximum atomic E-state index is 5.43. The standard InChI is InChI=1S/C22H30N2O/c1-9-20(25-8)18(6)22(15(2)3)24-21(23-7)13-12-19-11-10-16(4)17(5)14-19/h9-14H,2H2,1,3-8H3,(H,23,24)/b13-12+,20-9+,22-18+. The van der Waals surface area contributed by atoms with Crippen LogP contribution in [0.2, 0.25) is 0 Å². The SMILES string of the molecule is C=C(C)/C(NC(/C=C/c1ccc(C)c(C)c1)=NC)=C(C)\C(=C/C)OC. The van der Waals surface area contributed by atoms with Crippen LogP contribution in [0, 0.1) is 13.8 Å². The average molecular weight is 338 g/mol. The van der Waals surface area contributed by atoms with Crippen LogP contribution in [0.5, 0.6) is 0 Å². The van der Waals surface area contributed by atoms with E-state index < -0.39 is 0 Å². The molecule has 0 aliphatic heterocycles. The Morgan fingerprint density at radius 2 is 1.88 bits per heavy atom. The van der Waals surface area contributed by atoms with Gasteiger partial charge in [-0.25, -0.2) is 0 Å². The smallest absolute Gasteiger partial charge is 0.125 e. The minimum absolute atomic E-state index is 0.766. The summed E-state index contributed by atoms with van der Waals surface area (Å²) < 4.78 is 5.43. The molecule has 1 N–H and O–H groups in total. The summed E-state index contributed by atoms with van der Waals surface area (Å²) >= 11 is 0. The number of nitrogens with one attached hydrogen (secondary N) is 1. The van der Waals surface area contributed by atoms with E-state index in [-0.39, 0.29) is 0 Å². The molecule has 1 aromatic rings. The van der Waals surface area contributed by atoms with E-state index in [4.69, 9.17) is 4.74 Å². The normalized spacial score (nSPS) is 13.7. The molecule has 0 fully saturated rings. The van der Waals surface area contributed by atoms with Crippen LogP contribution in [0.25, 0.3) is 6.08 Å². The lowest BCUT2D eigenvalue weighted by Crippen LogP contribution is -2.23. The Hall–Kier alpha value is -2.55. The fraction of sp³-hybridized carbons (Fsp3) is 0.318. The quantitative estimate of drug-likeness (QED) is 0.329. The number of rotatable bonds is 6. The Balaban J connectivity index is 3.10. The Morgan fingerprint density at radius 1 is 1.20 bits per heavy atom. The van der Waals surface area contributed by atoms with Crippen LogP contribution in [0.3, 0.4) is 0 Å². The third-order valence-corrected chi connectivity index (χ3v) is 4.11. The number of hydrogen-bond acceptors (Lipinski definition) is 2. The maximum Gasteiger partial charge on any atom is 0.125 e. The summed E-state index contributed by atoms with van der Waals surface area (Å²) in [5, 5.41) is 3.37. The van der Waals surface area contributed by atoms with Crippen LogP contribution in [-0.4, -0.2) is 20.0 Å². The van der Waals surface area contributed by atoms with Crippen molar-refractivity contribution in [2.75, 3.05) is 14.2 Å². The van der Waals surface area contributed by atoms with Crippen LogP contribution >= 0.6 is 0 Å². The first-order chi connectivity index (χ1) is 11.8. The molecule has 25 heavy (non-hydrogen) atoms. The molecule has 0 aliphatic rings. The van der Waals surface area contributed by atoms with Gasteiger partial charge < -0.3 is 10.1 Å². The first-order valence-corrected chi connectivity index (χ1v) is 8.40. The monoisotopic (exact) mass is 338 g/mol. The molecule has 1 rings (SSSR count). The van der Waals surface area contributed by atoms with Crippen molar-refractivity contribution in [2.24, 2.45) is 4.99 Å². The highest BCUT2D eigenvalue weighted by Gasteiger charge is 2.09. The van der Waals surface area contributed by atoms with E-state index in [0.717, 1.165) is 34.0 Å². The Bertz CT molecular complexity index is 749. The largest absolute Gasteiger partial charge is 0.497 e. The van der Waals surface area contributed by atoms with Gasteiger partial charge in [0.25, 0.3) is 0 Å². The molecule has 134 valence electrons. The van der Waals surface area contributed by atoms with Crippen molar-refractivity contribution in [3.05, 3.63) is 76.2 Å². The zero-order chi connectivity index (χ0) is 19.0. The molecule has 0 amide bonds. The number of aryl methyl sites for hydroxylation is 2. The van der Waals surface area contributed by atoms with Gasteiger partial charge in [-0.1, -0.05) is 30.9 Å². The van der Waals surface area contributed by atoms with Gasteiger partial charge in [-0.2, -0.15) is 0 Å². The number of amidine groups is 1. The second kappa shape index (κ2) is 9.67. The van der Waals surface area contributed by atoms with Crippen LogP contribution in [-0.2, 0) is 4.74 Å². The lowest BCUT2D eigenvalue weighted by atomic mass is 10.1. The topological polar surface area (TPSA) is 33.6 Å². The molecule has 3 heteroatoms. The van der Waals surface area contributed by atoms with E-state index in [1.54, 1.807) is 14.2 Å². The predicted molar refractivity (Wildman–Crippen MR) is 110 cm³/mol. The third-order valence-electron chi connectivity index (χ3n) is 4.11. The molecule has 0 spiro atoms. The van der Waals surface area contributed by atoms with Gasteiger partial charge in [0.1, 0.15) is 11.6 Å². The summed E-state index contributed by atoms with van der Waals surface area (Å²) in [6, 6.07) is 6.41. The van der Waals surface area contributed by atoms with Crippen molar-refractivity contribution >= 4 is 11.9 Å². The van der Waals surface area contributed by atoms with E-state index in [1.165, 1.54) is 11.1 Å². The van der Waals surface area contributed by atoms with Gasteiger partial charge >= 0.3 is 0 Å². The maximum absolute atomic E-state index is 5.43. The van der Waals surface area contributed by atoms with Crippen molar-refractivity contribution in [1.29, 1.82) is 0 Å². The Morgan fingerprint density at radius 3 is 2.36 bits per heavy atom. The average Bonchev–Trinajstić information content (AvgIpc) is 2.58. The van der Waals surface area contributed by atoms with Gasteiger partial charge in [0.05, 0.1) is 7.11 Å². The van der Waals surface area contributed by atoms with E-state index >= 15 is 0 Å². The fourth-order valence-electron chi connectivity index (χ4n) is 2.47. The van der Waals surface area contributed by atoms with Gasteiger partial charge in [0.15, 0.2) is 0 Å². The Labute approximate surface area is 152 Å². The van der Waals surface area contributed by atoms with Gasteiger partial charge in [0.2, 0.25) is 0 Å². The van der Waals surface area contributed by atoms with Crippen molar-refractivity contribution in [3.8, 4) is 0 Å². The van der Waals surface area contributed by atoms with Crippen molar-refractivity contribution in [1.82, 2.24) is 5.32 Å². The lowest BCUT2D eigenvalue weighted by Gasteiger charge is -2.16. The van der Waals surface area contributed by atoms with Crippen molar-refractivity contribution in [2.45, 2.75) is 34.6 Å². The number of benzene rings is 1. The lowest BCUT2D eigenvalue weighted by molar-refractivity contribution is 0.299. The van der Waals surface area contributed by atoms with Crippen molar-refractivity contribution in [3.63, 3.8) is 0 Å². The van der Waals surface area contributed by atoms with Crippen molar-refractivity contribution < 1.29 is 4.74 Å². The van der Waals surface area contributed by atoms with Gasteiger partial charge in [0, 0.05) is 18.3 Å².